The fourth-order valence-electron chi connectivity index (χ4n) is 1.74. The van der Waals surface area contributed by atoms with E-state index in [1.165, 1.54) is 0 Å². The first-order chi connectivity index (χ1) is 6.75. The smallest absolute Gasteiger partial charge is 0.123 e. The van der Waals surface area contributed by atoms with Gasteiger partial charge in [-0.15, -0.1) is 0 Å². The highest BCUT2D eigenvalue weighted by Gasteiger charge is 2.15. The zero-order valence-electron chi connectivity index (χ0n) is 8.35. The van der Waals surface area contributed by atoms with Gasteiger partial charge in [-0.3, -0.25) is 4.68 Å². The number of hydrogen-bond donors (Lipinski definition) is 2. The Balaban J connectivity index is 1.84. The fraction of sp³-hybridized carbons (Fsp3) is 0.500. The zero-order chi connectivity index (χ0) is 9.97. The van der Waals surface area contributed by atoms with Gasteiger partial charge in [0.2, 0.25) is 0 Å². The quantitative estimate of drug-likeness (QED) is 0.694. The lowest BCUT2D eigenvalue weighted by molar-refractivity contribution is 0.611. The first kappa shape index (κ1) is 9.27. The van der Waals surface area contributed by atoms with Crippen LogP contribution in [-0.4, -0.2) is 22.4 Å². The predicted molar refractivity (Wildman–Crippen MR) is 56.9 cm³/mol. The van der Waals surface area contributed by atoms with Crippen LogP contribution in [0.3, 0.4) is 0 Å². The third-order valence-corrected chi connectivity index (χ3v) is 2.57. The van der Waals surface area contributed by atoms with E-state index < -0.39 is 0 Å². The molecule has 1 aromatic heterocycles. The monoisotopic (exact) mass is 192 g/mol. The highest BCUT2D eigenvalue weighted by molar-refractivity contribution is 5.33. The third kappa shape index (κ3) is 1.96. The molecule has 3 N–H and O–H groups in total. The summed E-state index contributed by atoms with van der Waals surface area (Å²) in [6, 6.07) is 2.21. The molecular formula is C10H16N4. The van der Waals surface area contributed by atoms with Gasteiger partial charge in [-0.1, -0.05) is 12.2 Å². The molecule has 76 valence electrons. The average molecular weight is 192 g/mol. The van der Waals surface area contributed by atoms with E-state index in [-0.39, 0.29) is 6.04 Å². The van der Waals surface area contributed by atoms with E-state index in [0.29, 0.717) is 5.92 Å². The van der Waals surface area contributed by atoms with E-state index in [2.05, 4.69) is 22.6 Å². The molecule has 0 amide bonds. The van der Waals surface area contributed by atoms with Crippen LogP contribution in [0.25, 0.3) is 0 Å². The van der Waals surface area contributed by atoms with Crippen molar-refractivity contribution in [3.05, 3.63) is 24.4 Å². The van der Waals surface area contributed by atoms with E-state index in [0.717, 1.165) is 18.8 Å². The van der Waals surface area contributed by atoms with Crippen LogP contribution in [0.4, 0.5) is 5.82 Å². The van der Waals surface area contributed by atoms with Crippen molar-refractivity contribution in [3.63, 3.8) is 0 Å². The van der Waals surface area contributed by atoms with Gasteiger partial charge >= 0.3 is 0 Å². The Labute approximate surface area is 83.8 Å². The maximum atomic E-state index is 5.77. The Morgan fingerprint density at radius 1 is 1.64 bits per heavy atom. The van der Waals surface area contributed by atoms with Crippen molar-refractivity contribution in [2.24, 2.45) is 18.7 Å². The van der Waals surface area contributed by atoms with Crippen molar-refractivity contribution in [1.29, 1.82) is 0 Å². The summed E-state index contributed by atoms with van der Waals surface area (Å²) in [6.45, 7) is 0.934. The zero-order valence-corrected chi connectivity index (χ0v) is 8.35. The van der Waals surface area contributed by atoms with Gasteiger partial charge in [0.15, 0.2) is 0 Å². The van der Waals surface area contributed by atoms with Crippen molar-refractivity contribution in [1.82, 2.24) is 9.78 Å². The van der Waals surface area contributed by atoms with E-state index in [9.17, 15) is 0 Å². The van der Waals surface area contributed by atoms with E-state index in [1.54, 1.807) is 6.20 Å². The minimum atomic E-state index is 0.244. The number of hydrogen-bond acceptors (Lipinski definition) is 3. The SMILES string of the molecule is Cn1nccc1NCC1C=CC(N)C1. The Kier molecular flexibility index (Phi) is 2.54. The molecule has 0 spiro atoms. The van der Waals surface area contributed by atoms with E-state index in [4.69, 9.17) is 5.73 Å². The molecule has 0 saturated carbocycles. The Bertz CT molecular complexity index is 329. The number of nitrogens with zero attached hydrogens (tertiary/aromatic N) is 2. The van der Waals surface area contributed by atoms with E-state index >= 15 is 0 Å². The Hall–Kier alpha value is -1.29. The van der Waals surface area contributed by atoms with Crippen LogP contribution in [0, 0.1) is 5.92 Å². The second-order valence-electron chi connectivity index (χ2n) is 3.77. The topological polar surface area (TPSA) is 55.9 Å². The molecule has 1 aliphatic carbocycles. The lowest BCUT2D eigenvalue weighted by atomic mass is 10.1. The lowest BCUT2D eigenvalue weighted by Crippen LogP contribution is -2.19. The number of rotatable bonds is 3. The molecule has 2 atom stereocenters. The van der Waals surface area contributed by atoms with Crippen LogP contribution < -0.4 is 11.1 Å². The van der Waals surface area contributed by atoms with Crippen molar-refractivity contribution in [2.75, 3.05) is 11.9 Å². The van der Waals surface area contributed by atoms with Crippen LogP contribution in [0.2, 0.25) is 0 Å². The molecule has 4 heteroatoms. The van der Waals surface area contributed by atoms with Crippen molar-refractivity contribution in [2.45, 2.75) is 12.5 Å². The summed E-state index contributed by atoms with van der Waals surface area (Å²) in [5.74, 6) is 1.61. The predicted octanol–water partition coefficient (Wildman–Crippen LogP) is 0.735. The minimum absolute atomic E-state index is 0.244. The summed E-state index contributed by atoms with van der Waals surface area (Å²) in [4.78, 5) is 0. The average Bonchev–Trinajstić information content (AvgIpc) is 2.72. The molecular weight excluding hydrogens is 176 g/mol. The van der Waals surface area contributed by atoms with Gasteiger partial charge in [-0.05, 0) is 12.3 Å². The lowest BCUT2D eigenvalue weighted by Gasteiger charge is -2.11. The first-order valence-electron chi connectivity index (χ1n) is 4.91. The number of anilines is 1. The highest BCUT2D eigenvalue weighted by Crippen LogP contribution is 2.16. The molecule has 0 bridgehead atoms. The minimum Gasteiger partial charge on any atom is -0.370 e. The molecule has 0 fully saturated rings. The van der Waals surface area contributed by atoms with Crippen molar-refractivity contribution >= 4 is 5.82 Å². The van der Waals surface area contributed by atoms with Crippen LogP contribution in [0.1, 0.15) is 6.42 Å². The van der Waals surface area contributed by atoms with Crippen LogP contribution in [0.15, 0.2) is 24.4 Å². The summed E-state index contributed by atoms with van der Waals surface area (Å²) in [7, 11) is 1.93. The molecule has 2 rings (SSSR count). The first-order valence-corrected chi connectivity index (χ1v) is 4.91. The summed E-state index contributed by atoms with van der Waals surface area (Å²) in [5.41, 5.74) is 5.77. The van der Waals surface area contributed by atoms with Gasteiger partial charge < -0.3 is 11.1 Å². The Morgan fingerprint density at radius 3 is 3.07 bits per heavy atom. The van der Waals surface area contributed by atoms with Gasteiger partial charge in [0.05, 0.1) is 6.20 Å². The van der Waals surface area contributed by atoms with Gasteiger partial charge in [0, 0.05) is 25.7 Å². The molecule has 1 aliphatic rings. The van der Waals surface area contributed by atoms with E-state index in [1.807, 2.05) is 17.8 Å². The normalized spacial score (nSPS) is 25.6. The highest BCUT2D eigenvalue weighted by atomic mass is 15.3. The molecule has 1 heterocycles. The van der Waals surface area contributed by atoms with Gasteiger partial charge in [-0.25, -0.2) is 0 Å². The molecule has 0 aliphatic heterocycles. The maximum Gasteiger partial charge on any atom is 0.123 e. The van der Waals surface area contributed by atoms with Crippen LogP contribution >= 0.6 is 0 Å². The fourth-order valence-corrected chi connectivity index (χ4v) is 1.74. The largest absolute Gasteiger partial charge is 0.370 e. The molecule has 0 aromatic carbocycles. The third-order valence-electron chi connectivity index (χ3n) is 2.57. The molecule has 14 heavy (non-hydrogen) atoms. The van der Waals surface area contributed by atoms with Gasteiger partial charge in [0.1, 0.15) is 5.82 Å². The number of aryl methyl sites for hydroxylation is 1. The summed E-state index contributed by atoms with van der Waals surface area (Å²) >= 11 is 0. The van der Waals surface area contributed by atoms with Crippen molar-refractivity contribution < 1.29 is 0 Å². The van der Waals surface area contributed by atoms with Crippen LogP contribution in [0.5, 0.6) is 0 Å². The van der Waals surface area contributed by atoms with Gasteiger partial charge in [0.25, 0.3) is 0 Å². The molecule has 0 radical (unpaired) electrons. The standard InChI is InChI=1S/C10H16N4/c1-14-10(4-5-13-14)12-7-8-2-3-9(11)6-8/h2-5,8-9,12H,6-7,11H2,1H3. The summed E-state index contributed by atoms with van der Waals surface area (Å²) in [5, 5.41) is 7.44. The number of nitrogens with two attached hydrogens (primary N) is 1. The van der Waals surface area contributed by atoms with Crippen LogP contribution in [-0.2, 0) is 7.05 Å². The Morgan fingerprint density at radius 2 is 2.50 bits per heavy atom. The summed E-state index contributed by atoms with van der Waals surface area (Å²) < 4.78 is 1.83. The van der Waals surface area contributed by atoms with Crippen molar-refractivity contribution in [3.8, 4) is 0 Å². The molecule has 2 unspecified atom stereocenters. The van der Waals surface area contributed by atoms with Gasteiger partial charge in [-0.2, -0.15) is 5.10 Å². The second-order valence-corrected chi connectivity index (χ2v) is 3.77. The molecule has 0 saturated heterocycles. The maximum absolute atomic E-state index is 5.77. The second kappa shape index (κ2) is 3.84. The number of aromatic nitrogens is 2. The number of nitrogens with one attached hydrogen (secondary N) is 1. The molecule has 1 aromatic rings. The summed E-state index contributed by atoms with van der Waals surface area (Å²) in [6.07, 6.45) is 7.10. The molecule has 4 nitrogen and oxygen atoms in total.